The predicted octanol–water partition coefficient (Wildman–Crippen LogP) is 1.56. The number of hydrogen-bond acceptors (Lipinski definition) is 5. The van der Waals surface area contributed by atoms with E-state index in [-0.39, 0.29) is 6.61 Å². The van der Waals surface area contributed by atoms with E-state index in [0.29, 0.717) is 30.8 Å². The van der Waals surface area contributed by atoms with E-state index >= 15 is 0 Å². The number of carbonyl (C=O) groups excluding carboxylic acids is 1. The molecule has 1 heterocycles. The molecular weight excluding hydrogens is 294 g/mol. The zero-order valence-corrected chi connectivity index (χ0v) is 12.9. The first-order valence-corrected chi connectivity index (χ1v) is 8.33. The van der Waals surface area contributed by atoms with E-state index in [2.05, 4.69) is 0 Å². The number of anilines is 1. The molecule has 0 saturated carbocycles. The molecule has 0 aromatic heterocycles. The molecule has 0 amide bonds. The zero-order valence-electron chi connectivity index (χ0n) is 12.1. The molecule has 21 heavy (non-hydrogen) atoms. The van der Waals surface area contributed by atoms with E-state index in [1.54, 1.807) is 38.3 Å². The number of benzene rings is 1. The Bertz CT molecular complexity index is 596. The molecule has 116 valence electrons. The SMILES string of the molecule is CCOC(=O)C1CCCN(c2ccc(OC)cc2)S1(=O)=O. The summed E-state index contributed by atoms with van der Waals surface area (Å²) in [6.45, 7) is 2.20. The highest BCUT2D eigenvalue weighted by atomic mass is 32.2. The molecule has 0 radical (unpaired) electrons. The van der Waals surface area contributed by atoms with Gasteiger partial charge in [-0.25, -0.2) is 8.42 Å². The number of methoxy groups -OCH3 is 1. The number of hydrogen-bond donors (Lipinski definition) is 0. The number of carbonyl (C=O) groups is 1. The minimum absolute atomic E-state index is 0.174. The molecule has 7 heteroatoms. The van der Waals surface area contributed by atoms with Crippen molar-refractivity contribution in [3.05, 3.63) is 24.3 Å². The monoisotopic (exact) mass is 313 g/mol. The third-order valence-electron chi connectivity index (χ3n) is 3.40. The van der Waals surface area contributed by atoms with Crippen LogP contribution in [0.1, 0.15) is 19.8 Å². The van der Waals surface area contributed by atoms with Crippen molar-refractivity contribution in [2.75, 3.05) is 24.6 Å². The number of esters is 1. The Morgan fingerprint density at radius 2 is 2.00 bits per heavy atom. The van der Waals surface area contributed by atoms with E-state index in [1.807, 2.05) is 0 Å². The summed E-state index contributed by atoms with van der Waals surface area (Å²) in [7, 11) is -2.20. The number of rotatable bonds is 4. The van der Waals surface area contributed by atoms with Crippen molar-refractivity contribution in [3.63, 3.8) is 0 Å². The van der Waals surface area contributed by atoms with E-state index in [9.17, 15) is 13.2 Å². The van der Waals surface area contributed by atoms with Gasteiger partial charge in [-0.2, -0.15) is 0 Å². The summed E-state index contributed by atoms with van der Waals surface area (Å²) in [5.41, 5.74) is 0.532. The molecule has 1 unspecified atom stereocenters. The van der Waals surface area contributed by atoms with Crippen molar-refractivity contribution in [1.29, 1.82) is 0 Å². The van der Waals surface area contributed by atoms with Crippen LogP contribution in [-0.4, -0.2) is 39.9 Å². The van der Waals surface area contributed by atoms with Gasteiger partial charge in [0.15, 0.2) is 5.25 Å². The van der Waals surface area contributed by atoms with Gasteiger partial charge in [0.2, 0.25) is 10.0 Å². The van der Waals surface area contributed by atoms with Crippen LogP contribution in [0.25, 0.3) is 0 Å². The van der Waals surface area contributed by atoms with Crippen LogP contribution < -0.4 is 9.04 Å². The first-order chi connectivity index (χ1) is 10.0. The van der Waals surface area contributed by atoms with Crippen LogP contribution in [0.3, 0.4) is 0 Å². The van der Waals surface area contributed by atoms with Gasteiger partial charge in [-0.05, 0) is 44.0 Å². The Labute approximate surface area is 124 Å². The largest absolute Gasteiger partial charge is 0.497 e. The summed E-state index contributed by atoms with van der Waals surface area (Å²) in [5, 5.41) is -1.12. The molecule has 1 atom stereocenters. The van der Waals surface area contributed by atoms with E-state index in [1.165, 1.54) is 4.31 Å². The Hall–Kier alpha value is -1.76. The summed E-state index contributed by atoms with van der Waals surface area (Å²) in [6, 6.07) is 6.73. The average molecular weight is 313 g/mol. The first kappa shape index (κ1) is 15.6. The van der Waals surface area contributed by atoms with Gasteiger partial charge in [-0.1, -0.05) is 0 Å². The van der Waals surface area contributed by atoms with Gasteiger partial charge in [0, 0.05) is 6.54 Å². The standard InChI is InChI=1S/C14H19NO5S/c1-3-20-14(16)13-5-4-10-15(21(13,17)18)11-6-8-12(19-2)9-7-11/h6-9,13H,3-5,10H2,1-2H3. The fourth-order valence-electron chi connectivity index (χ4n) is 2.35. The van der Waals surface area contributed by atoms with Gasteiger partial charge in [0.05, 0.1) is 19.4 Å². The van der Waals surface area contributed by atoms with Crippen molar-refractivity contribution in [3.8, 4) is 5.75 Å². The van der Waals surface area contributed by atoms with Crippen LogP contribution in [0, 0.1) is 0 Å². The molecule has 1 aromatic carbocycles. The molecule has 1 aliphatic heterocycles. The molecule has 2 rings (SSSR count). The van der Waals surface area contributed by atoms with Crippen LogP contribution in [0.15, 0.2) is 24.3 Å². The summed E-state index contributed by atoms with van der Waals surface area (Å²) >= 11 is 0. The Morgan fingerprint density at radius 1 is 1.33 bits per heavy atom. The first-order valence-electron chi connectivity index (χ1n) is 6.83. The van der Waals surface area contributed by atoms with Crippen molar-refractivity contribution < 1.29 is 22.7 Å². The smallest absolute Gasteiger partial charge is 0.326 e. The highest BCUT2D eigenvalue weighted by Crippen LogP contribution is 2.29. The summed E-state index contributed by atoms with van der Waals surface area (Å²) in [4.78, 5) is 11.8. The second kappa shape index (κ2) is 6.34. The molecule has 0 aliphatic carbocycles. The van der Waals surface area contributed by atoms with E-state index in [4.69, 9.17) is 9.47 Å². The van der Waals surface area contributed by atoms with Gasteiger partial charge in [-0.15, -0.1) is 0 Å². The molecule has 6 nitrogen and oxygen atoms in total. The molecule has 0 spiro atoms. The highest BCUT2D eigenvalue weighted by Gasteiger charge is 2.41. The molecule has 1 saturated heterocycles. The summed E-state index contributed by atoms with van der Waals surface area (Å²) in [6.07, 6.45) is 0.919. The topological polar surface area (TPSA) is 72.9 Å². The Morgan fingerprint density at radius 3 is 2.57 bits per heavy atom. The van der Waals surface area contributed by atoms with Gasteiger partial charge >= 0.3 is 5.97 Å². The maximum atomic E-state index is 12.6. The van der Waals surface area contributed by atoms with Crippen molar-refractivity contribution in [2.24, 2.45) is 0 Å². The van der Waals surface area contributed by atoms with Crippen LogP contribution >= 0.6 is 0 Å². The van der Waals surface area contributed by atoms with Gasteiger partial charge in [0.25, 0.3) is 0 Å². The predicted molar refractivity (Wildman–Crippen MR) is 78.9 cm³/mol. The quantitative estimate of drug-likeness (QED) is 0.789. The molecule has 0 bridgehead atoms. The Kier molecular flexibility index (Phi) is 4.72. The average Bonchev–Trinajstić information content (AvgIpc) is 2.47. The minimum atomic E-state index is -3.74. The van der Waals surface area contributed by atoms with Crippen LogP contribution in [0.2, 0.25) is 0 Å². The van der Waals surface area contributed by atoms with Crippen LogP contribution in [-0.2, 0) is 19.6 Å². The molecular formula is C14H19NO5S. The van der Waals surface area contributed by atoms with Crippen molar-refractivity contribution in [1.82, 2.24) is 0 Å². The fraction of sp³-hybridized carbons (Fsp3) is 0.500. The van der Waals surface area contributed by atoms with Crippen LogP contribution in [0.5, 0.6) is 5.75 Å². The highest BCUT2D eigenvalue weighted by molar-refractivity contribution is 7.94. The lowest BCUT2D eigenvalue weighted by atomic mass is 10.2. The van der Waals surface area contributed by atoms with E-state index < -0.39 is 21.2 Å². The number of ether oxygens (including phenoxy) is 2. The molecule has 0 N–H and O–H groups in total. The number of sulfonamides is 1. The minimum Gasteiger partial charge on any atom is -0.497 e. The number of nitrogens with zero attached hydrogens (tertiary/aromatic N) is 1. The molecule has 1 aliphatic rings. The van der Waals surface area contributed by atoms with Crippen molar-refractivity contribution in [2.45, 2.75) is 25.0 Å². The third-order valence-corrected chi connectivity index (χ3v) is 5.56. The van der Waals surface area contributed by atoms with Crippen LogP contribution in [0.4, 0.5) is 5.69 Å². The summed E-state index contributed by atoms with van der Waals surface area (Å²) in [5.74, 6) is -0.0224. The molecule has 1 aromatic rings. The molecule has 1 fully saturated rings. The van der Waals surface area contributed by atoms with Gasteiger partial charge in [-0.3, -0.25) is 9.10 Å². The maximum absolute atomic E-state index is 12.6. The lowest BCUT2D eigenvalue weighted by molar-refractivity contribution is -0.142. The lowest BCUT2D eigenvalue weighted by Crippen LogP contribution is -2.48. The zero-order chi connectivity index (χ0) is 15.5. The second-order valence-electron chi connectivity index (χ2n) is 4.70. The Balaban J connectivity index is 2.28. The summed E-state index contributed by atoms with van der Waals surface area (Å²) < 4.78 is 36.4. The lowest BCUT2D eigenvalue weighted by Gasteiger charge is -2.32. The second-order valence-corrected chi connectivity index (χ2v) is 6.74. The normalized spacial score (nSPS) is 20.9. The van der Waals surface area contributed by atoms with Gasteiger partial charge in [0.1, 0.15) is 5.75 Å². The van der Waals surface area contributed by atoms with E-state index in [0.717, 1.165) is 0 Å². The van der Waals surface area contributed by atoms with Gasteiger partial charge < -0.3 is 9.47 Å². The third kappa shape index (κ3) is 3.12. The maximum Gasteiger partial charge on any atom is 0.326 e. The van der Waals surface area contributed by atoms with Crippen molar-refractivity contribution >= 4 is 21.7 Å². The fourth-order valence-corrected chi connectivity index (χ4v) is 4.23.